The van der Waals surface area contributed by atoms with Crippen LogP contribution in [0.1, 0.15) is 26.2 Å². The number of carbonyl (C=O) groups is 2. The van der Waals surface area contributed by atoms with Gasteiger partial charge in [0.05, 0.1) is 10.9 Å². The van der Waals surface area contributed by atoms with Gasteiger partial charge in [0.15, 0.2) is 6.61 Å². The van der Waals surface area contributed by atoms with E-state index >= 15 is 0 Å². The topological polar surface area (TPSA) is 75.6 Å². The Kier molecular flexibility index (Phi) is 7.74. The number of amides is 1. The number of carbonyl (C=O) groups excluding carboxylic acids is 1. The molecule has 0 heterocycles. The van der Waals surface area contributed by atoms with E-state index in [1.165, 1.54) is 0 Å². The van der Waals surface area contributed by atoms with Crippen LogP contribution in [0.5, 0.6) is 5.75 Å². The van der Waals surface area contributed by atoms with Crippen molar-refractivity contribution in [2.45, 2.75) is 32.2 Å². The zero-order valence-corrected chi connectivity index (χ0v) is 14.7. The molecule has 0 fully saturated rings. The highest BCUT2D eigenvalue weighted by Crippen LogP contribution is 2.28. The second-order valence-electron chi connectivity index (χ2n) is 4.51. The van der Waals surface area contributed by atoms with Crippen LogP contribution in [0.2, 0.25) is 0 Å². The molecule has 1 aromatic rings. The first-order valence-electron chi connectivity index (χ1n) is 6.51. The van der Waals surface area contributed by atoms with Crippen molar-refractivity contribution in [2.24, 2.45) is 0 Å². The lowest BCUT2D eigenvalue weighted by atomic mass is 10.1. The Bertz CT molecular complexity index is 508. The molecule has 0 radical (unpaired) electrons. The molecule has 0 bridgehead atoms. The van der Waals surface area contributed by atoms with Crippen LogP contribution >= 0.6 is 31.9 Å². The summed E-state index contributed by atoms with van der Waals surface area (Å²) in [6.45, 7) is 1.79. The zero-order chi connectivity index (χ0) is 15.8. The zero-order valence-electron chi connectivity index (χ0n) is 11.6. The quantitative estimate of drug-likeness (QED) is 0.673. The van der Waals surface area contributed by atoms with Crippen LogP contribution in [0.15, 0.2) is 27.1 Å². The Hall–Kier alpha value is -1.08. The number of hydrogen-bond acceptors (Lipinski definition) is 3. The highest BCUT2D eigenvalue weighted by Gasteiger charge is 2.15. The highest BCUT2D eigenvalue weighted by molar-refractivity contribution is 9.11. The Balaban J connectivity index is 2.50. The van der Waals surface area contributed by atoms with Gasteiger partial charge >= 0.3 is 5.97 Å². The fourth-order valence-electron chi connectivity index (χ4n) is 1.79. The molecule has 1 amide bonds. The number of halogens is 2. The van der Waals surface area contributed by atoms with E-state index in [1.807, 2.05) is 19.1 Å². The summed E-state index contributed by atoms with van der Waals surface area (Å²) in [5, 5.41) is 11.5. The van der Waals surface area contributed by atoms with E-state index in [0.29, 0.717) is 12.2 Å². The minimum absolute atomic E-state index is 0.0818. The molecule has 7 heteroatoms. The van der Waals surface area contributed by atoms with Crippen molar-refractivity contribution in [3.8, 4) is 5.75 Å². The summed E-state index contributed by atoms with van der Waals surface area (Å²) in [6.07, 6.45) is 1.35. The fraction of sp³-hybridized carbons (Fsp3) is 0.429. The average Bonchev–Trinajstić information content (AvgIpc) is 2.37. The van der Waals surface area contributed by atoms with Gasteiger partial charge in [-0.1, -0.05) is 29.3 Å². The van der Waals surface area contributed by atoms with Gasteiger partial charge in [-0.15, -0.1) is 0 Å². The van der Waals surface area contributed by atoms with Gasteiger partial charge in [0.2, 0.25) is 0 Å². The van der Waals surface area contributed by atoms with Gasteiger partial charge in [-0.05, 0) is 40.5 Å². The van der Waals surface area contributed by atoms with E-state index in [2.05, 4.69) is 37.2 Å². The van der Waals surface area contributed by atoms with Gasteiger partial charge in [-0.2, -0.15) is 0 Å². The van der Waals surface area contributed by atoms with Crippen molar-refractivity contribution in [3.05, 3.63) is 27.1 Å². The lowest BCUT2D eigenvalue weighted by Crippen LogP contribution is -2.39. The summed E-state index contributed by atoms with van der Waals surface area (Å²) in [5.41, 5.74) is 0. The van der Waals surface area contributed by atoms with Crippen molar-refractivity contribution >= 4 is 43.7 Å². The van der Waals surface area contributed by atoms with Gasteiger partial charge in [0.1, 0.15) is 5.75 Å². The Labute approximate surface area is 140 Å². The number of carboxylic acids is 1. The lowest BCUT2D eigenvalue weighted by molar-refractivity contribution is -0.137. The summed E-state index contributed by atoms with van der Waals surface area (Å²) < 4.78 is 7.05. The van der Waals surface area contributed by atoms with Crippen molar-refractivity contribution in [1.82, 2.24) is 5.32 Å². The fourth-order valence-corrected chi connectivity index (χ4v) is 2.95. The Morgan fingerprint density at radius 1 is 1.38 bits per heavy atom. The first kappa shape index (κ1) is 18.0. The summed E-state index contributed by atoms with van der Waals surface area (Å²) >= 11 is 6.67. The molecule has 116 valence electrons. The second kappa shape index (κ2) is 9.04. The van der Waals surface area contributed by atoms with Gasteiger partial charge in [0.25, 0.3) is 5.91 Å². The molecular formula is C14H17Br2NO4. The number of ether oxygens (including phenoxy) is 1. The molecule has 21 heavy (non-hydrogen) atoms. The van der Waals surface area contributed by atoms with Crippen LogP contribution in [0.25, 0.3) is 0 Å². The SMILES string of the molecule is CCCC(CC(=O)O)NC(=O)COc1ccc(Br)cc1Br. The monoisotopic (exact) mass is 421 g/mol. The van der Waals surface area contributed by atoms with Crippen molar-refractivity contribution in [3.63, 3.8) is 0 Å². The third kappa shape index (κ3) is 6.95. The van der Waals surface area contributed by atoms with E-state index in [-0.39, 0.29) is 25.0 Å². The van der Waals surface area contributed by atoms with Crippen LogP contribution in [-0.4, -0.2) is 29.6 Å². The smallest absolute Gasteiger partial charge is 0.305 e. The Morgan fingerprint density at radius 2 is 2.10 bits per heavy atom. The molecule has 1 rings (SSSR count). The number of carboxylic acid groups (broad SMARTS) is 1. The molecule has 1 aromatic carbocycles. The predicted octanol–water partition coefficient (Wildman–Crippen LogP) is 3.35. The maximum absolute atomic E-state index is 11.8. The summed E-state index contributed by atoms with van der Waals surface area (Å²) in [7, 11) is 0. The number of benzene rings is 1. The maximum Gasteiger partial charge on any atom is 0.305 e. The molecule has 0 aromatic heterocycles. The van der Waals surface area contributed by atoms with Crippen LogP contribution in [-0.2, 0) is 9.59 Å². The molecule has 2 N–H and O–H groups in total. The highest BCUT2D eigenvalue weighted by atomic mass is 79.9. The number of rotatable bonds is 8. The van der Waals surface area contributed by atoms with Gasteiger partial charge in [-0.3, -0.25) is 9.59 Å². The van der Waals surface area contributed by atoms with E-state index in [1.54, 1.807) is 6.07 Å². The molecule has 5 nitrogen and oxygen atoms in total. The molecule has 0 saturated heterocycles. The third-order valence-electron chi connectivity index (χ3n) is 2.68. The standard InChI is InChI=1S/C14H17Br2NO4/c1-2-3-10(7-14(19)20)17-13(18)8-21-12-5-4-9(15)6-11(12)16/h4-6,10H,2-3,7-8H2,1H3,(H,17,18)(H,19,20). The van der Waals surface area contributed by atoms with Gasteiger partial charge < -0.3 is 15.2 Å². The first-order chi connectivity index (χ1) is 9.92. The number of hydrogen-bond donors (Lipinski definition) is 2. The summed E-state index contributed by atoms with van der Waals surface area (Å²) in [4.78, 5) is 22.5. The molecule has 0 aliphatic carbocycles. The average molecular weight is 423 g/mol. The molecule has 0 aliphatic heterocycles. The van der Waals surface area contributed by atoms with Gasteiger partial charge in [-0.25, -0.2) is 0 Å². The normalized spacial score (nSPS) is 11.8. The third-order valence-corrected chi connectivity index (χ3v) is 3.79. The van der Waals surface area contributed by atoms with Crippen LogP contribution in [0.3, 0.4) is 0 Å². The number of nitrogens with one attached hydrogen (secondary N) is 1. The summed E-state index contributed by atoms with van der Waals surface area (Å²) in [5.74, 6) is -0.700. The van der Waals surface area contributed by atoms with Crippen LogP contribution < -0.4 is 10.1 Å². The minimum atomic E-state index is -0.926. The van der Waals surface area contributed by atoms with Crippen molar-refractivity contribution < 1.29 is 19.4 Å². The van der Waals surface area contributed by atoms with E-state index in [4.69, 9.17) is 9.84 Å². The molecule has 1 unspecified atom stereocenters. The van der Waals surface area contributed by atoms with Crippen LogP contribution in [0.4, 0.5) is 0 Å². The van der Waals surface area contributed by atoms with E-state index < -0.39 is 5.97 Å². The minimum Gasteiger partial charge on any atom is -0.483 e. The lowest BCUT2D eigenvalue weighted by Gasteiger charge is -2.16. The van der Waals surface area contributed by atoms with Crippen molar-refractivity contribution in [1.29, 1.82) is 0 Å². The Morgan fingerprint density at radius 3 is 2.67 bits per heavy atom. The molecule has 0 aliphatic rings. The van der Waals surface area contributed by atoms with E-state index in [9.17, 15) is 9.59 Å². The van der Waals surface area contributed by atoms with Crippen molar-refractivity contribution in [2.75, 3.05) is 6.61 Å². The largest absolute Gasteiger partial charge is 0.483 e. The molecule has 1 atom stereocenters. The van der Waals surface area contributed by atoms with Crippen LogP contribution in [0, 0.1) is 0 Å². The number of aliphatic carboxylic acids is 1. The molecular weight excluding hydrogens is 406 g/mol. The predicted molar refractivity (Wildman–Crippen MR) is 86.4 cm³/mol. The first-order valence-corrected chi connectivity index (χ1v) is 8.10. The second-order valence-corrected chi connectivity index (χ2v) is 6.28. The van der Waals surface area contributed by atoms with E-state index in [0.717, 1.165) is 15.4 Å². The maximum atomic E-state index is 11.8. The summed E-state index contributed by atoms with van der Waals surface area (Å²) in [6, 6.07) is 5.00. The molecule has 0 spiro atoms. The molecule has 0 saturated carbocycles. The van der Waals surface area contributed by atoms with Gasteiger partial charge in [0, 0.05) is 10.5 Å².